The molecule has 1 aromatic heterocycles. The highest BCUT2D eigenvalue weighted by molar-refractivity contribution is 5.89. The second-order valence-electron chi connectivity index (χ2n) is 10.7. The number of hydrogen-bond donors (Lipinski definition) is 1. The number of aromatic nitrogens is 4. The molecule has 13 heteroatoms. The molecule has 1 N–H and O–H groups in total. The van der Waals surface area contributed by atoms with Gasteiger partial charge in [0.2, 0.25) is 17.6 Å². The molecular formula is C30H38FN7O5. The van der Waals surface area contributed by atoms with Crippen molar-refractivity contribution in [2.24, 2.45) is 0 Å². The normalized spacial score (nSPS) is 16.5. The van der Waals surface area contributed by atoms with Gasteiger partial charge in [-0.2, -0.15) is 4.80 Å². The number of nitrogens with zero attached hydrogens (tertiary/aromatic N) is 6. The number of nitrogens with one attached hydrogen (secondary N) is 1. The predicted molar refractivity (Wildman–Crippen MR) is 155 cm³/mol. The van der Waals surface area contributed by atoms with Gasteiger partial charge in [0.25, 0.3) is 0 Å². The van der Waals surface area contributed by atoms with Gasteiger partial charge in [0, 0.05) is 37.8 Å². The van der Waals surface area contributed by atoms with Crippen molar-refractivity contribution in [2.45, 2.75) is 44.3 Å². The number of carbonyl (C=O) groups is 2. The minimum atomic E-state index is -0.955. The van der Waals surface area contributed by atoms with Crippen molar-refractivity contribution in [3.63, 3.8) is 0 Å². The molecule has 2 heterocycles. The molecule has 230 valence electrons. The van der Waals surface area contributed by atoms with Crippen LogP contribution >= 0.6 is 0 Å². The predicted octanol–water partition coefficient (Wildman–Crippen LogP) is 2.46. The lowest BCUT2D eigenvalue weighted by molar-refractivity contribution is -0.142. The molecule has 0 unspecified atom stereocenters. The molecule has 0 spiro atoms. The van der Waals surface area contributed by atoms with Gasteiger partial charge in [-0.15, -0.1) is 10.2 Å². The first-order chi connectivity index (χ1) is 20.9. The Morgan fingerprint density at radius 1 is 1.07 bits per heavy atom. The minimum absolute atomic E-state index is 0.0488. The number of carbonyl (C=O) groups excluding carboxylic acids is 2. The van der Waals surface area contributed by atoms with Crippen LogP contribution < -0.4 is 14.8 Å². The Morgan fingerprint density at radius 2 is 1.79 bits per heavy atom. The van der Waals surface area contributed by atoms with Crippen LogP contribution in [0.1, 0.15) is 37.3 Å². The van der Waals surface area contributed by atoms with Crippen LogP contribution in [-0.2, 0) is 20.9 Å². The fraction of sp³-hybridized carbons (Fsp3) is 0.500. The SMILES string of the molecule is COc1ccc(-c2nnn(CC(=O)N(CCN3CCOCC3)[C@@H](C(=O)NC3CCCC3)c3ccc(F)cc3)n2)cc1OC. The molecule has 1 atom stereocenters. The van der Waals surface area contributed by atoms with Crippen LogP contribution in [0.2, 0.25) is 0 Å². The van der Waals surface area contributed by atoms with Crippen molar-refractivity contribution in [3.8, 4) is 22.9 Å². The molecule has 5 rings (SSSR count). The summed E-state index contributed by atoms with van der Waals surface area (Å²) in [5, 5.41) is 15.8. The molecular weight excluding hydrogens is 557 g/mol. The topological polar surface area (TPSA) is 124 Å². The van der Waals surface area contributed by atoms with Crippen LogP contribution in [0, 0.1) is 5.82 Å². The number of methoxy groups -OCH3 is 2. The summed E-state index contributed by atoms with van der Waals surface area (Å²) >= 11 is 0. The molecule has 0 bridgehead atoms. The highest BCUT2D eigenvalue weighted by atomic mass is 19.1. The summed E-state index contributed by atoms with van der Waals surface area (Å²) in [6, 6.07) is 10.1. The molecule has 1 saturated carbocycles. The van der Waals surface area contributed by atoms with Gasteiger partial charge in [0.1, 0.15) is 18.4 Å². The van der Waals surface area contributed by atoms with E-state index in [1.807, 2.05) is 0 Å². The first kappa shape index (κ1) is 30.4. The zero-order valence-electron chi connectivity index (χ0n) is 24.6. The van der Waals surface area contributed by atoms with Crippen LogP contribution in [0.5, 0.6) is 11.5 Å². The van der Waals surface area contributed by atoms with Crippen LogP contribution in [0.3, 0.4) is 0 Å². The third-order valence-electron chi connectivity index (χ3n) is 7.90. The van der Waals surface area contributed by atoms with Crippen LogP contribution in [0.4, 0.5) is 4.39 Å². The van der Waals surface area contributed by atoms with E-state index in [2.05, 4.69) is 25.6 Å². The average Bonchev–Trinajstić information content (AvgIpc) is 3.72. The third-order valence-corrected chi connectivity index (χ3v) is 7.90. The van der Waals surface area contributed by atoms with Crippen molar-refractivity contribution in [3.05, 3.63) is 53.8 Å². The van der Waals surface area contributed by atoms with Crippen LogP contribution in [0.25, 0.3) is 11.4 Å². The third kappa shape index (κ3) is 7.65. The van der Waals surface area contributed by atoms with Crippen LogP contribution in [-0.4, -0.2) is 101 Å². The molecule has 2 fully saturated rings. The molecule has 0 radical (unpaired) electrons. The first-order valence-corrected chi connectivity index (χ1v) is 14.6. The van der Waals surface area contributed by atoms with Gasteiger partial charge in [-0.25, -0.2) is 4.39 Å². The van der Waals surface area contributed by atoms with Gasteiger partial charge in [0.05, 0.1) is 27.4 Å². The average molecular weight is 596 g/mol. The zero-order valence-corrected chi connectivity index (χ0v) is 24.6. The van der Waals surface area contributed by atoms with Crippen molar-refractivity contribution >= 4 is 11.8 Å². The van der Waals surface area contributed by atoms with Crippen LogP contribution in [0.15, 0.2) is 42.5 Å². The highest BCUT2D eigenvalue weighted by Gasteiger charge is 2.34. The zero-order chi connectivity index (χ0) is 30.2. The maximum Gasteiger partial charge on any atom is 0.247 e. The minimum Gasteiger partial charge on any atom is -0.493 e. The largest absolute Gasteiger partial charge is 0.493 e. The smallest absolute Gasteiger partial charge is 0.247 e. The van der Waals surface area contributed by atoms with E-state index in [4.69, 9.17) is 14.2 Å². The Morgan fingerprint density at radius 3 is 2.49 bits per heavy atom. The fourth-order valence-electron chi connectivity index (χ4n) is 5.55. The fourth-order valence-corrected chi connectivity index (χ4v) is 5.55. The van der Waals surface area contributed by atoms with E-state index < -0.39 is 11.9 Å². The lowest BCUT2D eigenvalue weighted by atomic mass is 10.0. The quantitative estimate of drug-likeness (QED) is 0.336. The number of halogens is 1. The Bertz CT molecular complexity index is 1370. The number of hydrogen-bond acceptors (Lipinski definition) is 9. The van der Waals surface area contributed by atoms with Crippen molar-refractivity contribution in [1.82, 2.24) is 35.3 Å². The maximum atomic E-state index is 14.0. The van der Waals surface area contributed by atoms with E-state index in [9.17, 15) is 14.0 Å². The molecule has 2 amide bonds. The summed E-state index contributed by atoms with van der Waals surface area (Å²) in [6.07, 6.45) is 3.88. The van der Waals surface area contributed by atoms with Crippen molar-refractivity contribution < 1.29 is 28.2 Å². The van der Waals surface area contributed by atoms with E-state index >= 15 is 0 Å². The highest BCUT2D eigenvalue weighted by Crippen LogP contribution is 2.31. The Kier molecular flexibility index (Phi) is 10.2. The summed E-state index contributed by atoms with van der Waals surface area (Å²) in [5.41, 5.74) is 1.17. The summed E-state index contributed by atoms with van der Waals surface area (Å²) in [6.45, 7) is 3.27. The summed E-state index contributed by atoms with van der Waals surface area (Å²) in [7, 11) is 3.09. The molecule has 2 aromatic carbocycles. The molecule has 3 aromatic rings. The molecule has 1 saturated heterocycles. The second-order valence-corrected chi connectivity index (χ2v) is 10.7. The Balaban J connectivity index is 1.40. The molecule has 43 heavy (non-hydrogen) atoms. The van der Waals surface area contributed by atoms with E-state index in [1.165, 1.54) is 24.0 Å². The number of morpholine rings is 1. The Hall–Kier alpha value is -4.10. The van der Waals surface area contributed by atoms with Crippen molar-refractivity contribution in [2.75, 3.05) is 53.6 Å². The number of amides is 2. The number of benzene rings is 2. The summed E-state index contributed by atoms with van der Waals surface area (Å²) < 4.78 is 30.1. The van der Waals surface area contributed by atoms with E-state index in [0.29, 0.717) is 48.2 Å². The van der Waals surface area contributed by atoms with Gasteiger partial charge >= 0.3 is 0 Å². The van der Waals surface area contributed by atoms with Gasteiger partial charge in [0.15, 0.2) is 11.5 Å². The monoisotopic (exact) mass is 595 g/mol. The van der Waals surface area contributed by atoms with E-state index in [0.717, 1.165) is 38.8 Å². The molecule has 1 aliphatic heterocycles. The first-order valence-electron chi connectivity index (χ1n) is 14.6. The maximum absolute atomic E-state index is 14.0. The van der Waals surface area contributed by atoms with E-state index in [-0.39, 0.29) is 30.9 Å². The second kappa shape index (κ2) is 14.4. The number of tetrazole rings is 1. The summed E-state index contributed by atoms with van der Waals surface area (Å²) in [4.78, 5) is 32.8. The lowest BCUT2D eigenvalue weighted by Crippen LogP contribution is -2.50. The van der Waals surface area contributed by atoms with Gasteiger partial charge < -0.3 is 24.4 Å². The van der Waals surface area contributed by atoms with Gasteiger partial charge in [-0.05, 0) is 54.0 Å². The summed E-state index contributed by atoms with van der Waals surface area (Å²) in [5.74, 6) is 0.318. The number of ether oxygens (including phenoxy) is 3. The van der Waals surface area contributed by atoms with E-state index in [1.54, 1.807) is 42.3 Å². The van der Waals surface area contributed by atoms with Crippen molar-refractivity contribution in [1.29, 1.82) is 0 Å². The number of rotatable bonds is 12. The lowest BCUT2D eigenvalue weighted by Gasteiger charge is -2.35. The molecule has 12 nitrogen and oxygen atoms in total. The standard InChI is InChI=1S/C30H38FN7O5/c1-41-25-12-9-22(19-26(25)42-2)29-33-35-38(34-29)20-27(39)37(14-13-36-15-17-43-18-16-36)28(21-7-10-23(31)11-8-21)30(40)32-24-5-3-4-6-24/h7-12,19,24,28H,3-6,13-18,20H2,1-2H3,(H,32,40)/t28-/m1/s1. The van der Waals surface area contributed by atoms with Gasteiger partial charge in [-0.3, -0.25) is 14.5 Å². The van der Waals surface area contributed by atoms with Gasteiger partial charge in [-0.1, -0.05) is 25.0 Å². The molecule has 2 aliphatic rings. The molecule has 1 aliphatic carbocycles. The Labute approximate surface area is 250 Å².